The van der Waals surface area contributed by atoms with Gasteiger partial charge in [0, 0.05) is 18.7 Å². The number of aryl methyl sites for hydroxylation is 1. The summed E-state index contributed by atoms with van der Waals surface area (Å²) in [4.78, 5) is 10.8. The zero-order valence-electron chi connectivity index (χ0n) is 7.99. The van der Waals surface area contributed by atoms with Crippen LogP contribution in [-0.4, -0.2) is 26.9 Å². The first-order valence-electron chi connectivity index (χ1n) is 4.13. The van der Waals surface area contributed by atoms with E-state index in [9.17, 15) is 4.79 Å². The highest BCUT2D eigenvalue weighted by molar-refractivity contribution is 6.30. The standard InChI is InChI=1S/C8H12ClN3O2/c1-4(10)3-5-6(8(13)14)11-12(2)7(5)9/h4H,3,10H2,1-2H3,(H,13,14). The van der Waals surface area contributed by atoms with E-state index in [0.29, 0.717) is 17.1 Å². The molecule has 0 bridgehead atoms. The molecule has 0 saturated carbocycles. The molecule has 0 fully saturated rings. The number of carboxylic acids is 1. The van der Waals surface area contributed by atoms with E-state index in [2.05, 4.69) is 5.10 Å². The van der Waals surface area contributed by atoms with Gasteiger partial charge in [0.25, 0.3) is 0 Å². The van der Waals surface area contributed by atoms with Crippen molar-refractivity contribution in [2.45, 2.75) is 19.4 Å². The van der Waals surface area contributed by atoms with Crippen molar-refractivity contribution in [1.82, 2.24) is 9.78 Å². The fourth-order valence-electron chi connectivity index (χ4n) is 1.22. The molecule has 1 rings (SSSR count). The quantitative estimate of drug-likeness (QED) is 0.780. The van der Waals surface area contributed by atoms with Gasteiger partial charge in [-0.05, 0) is 13.3 Å². The van der Waals surface area contributed by atoms with Gasteiger partial charge in [-0.1, -0.05) is 11.6 Å². The topological polar surface area (TPSA) is 81.1 Å². The van der Waals surface area contributed by atoms with Crippen molar-refractivity contribution >= 4 is 17.6 Å². The maximum atomic E-state index is 10.8. The van der Waals surface area contributed by atoms with Gasteiger partial charge in [-0.15, -0.1) is 0 Å². The van der Waals surface area contributed by atoms with Crippen LogP contribution in [0.4, 0.5) is 0 Å². The largest absolute Gasteiger partial charge is 0.476 e. The first-order valence-corrected chi connectivity index (χ1v) is 4.51. The van der Waals surface area contributed by atoms with E-state index in [1.54, 1.807) is 14.0 Å². The molecular weight excluding hydrogens is 206 g/mol. The molecule has 0 aromatic carbocycles. The normalized spacial score (nSPS) is 12.9. The Kier molecular flexibility index (Phi) is 3.13. The van der Waals surface area contributed by atoms with Crippen molar-refractivity contribution in [2.24, 2.45) is 12.8 Å². The molecule has 0 aliphatic rings. The number of nitrogens with two attached hydrogens (primary N) is 1. The van der Waals surface area contributed by atoms with Crippen LogP contribution in [-0.2, 0) is 13.5 Å². The lowest BCUT2D eigenvalue weighted by atomic mass is 10.1. The maximum absolute atomic E-state index is 10.8. The molecule has 6 heteroatoms. The highest BCUT2D eigenvalue weighted by Crippen LogP contribution is 2.20. The van der Waals surface area contributed by atoms with Crippen molar-refractivity contribution in [2.75, 3.05) is 0 Å². The van der Waals surface area contributed by atoms with Crippen LogP contribution in [0.3, 0.4) is 0 Å². The number of nitrogens with zero attached hydrogens (tertiary/aromatic N) is 2. The van der Waals surface area contributed by atoms with Gasteiger partial charge in [0.2, 0.25) is 0 Å². The van der Waals surface area contributed by atoms with Crippen LogP contribution in [0.2, 0.25) is 5.15 Å². The summed E-state index contributed by atoms with van der Waals surface area (Å²) < 4.78 is 1.34. The average Bonchev–Trinajstić information content (AvgIpc) is 2.32. The van der Waals surface area contributed by atoms with Crippen LogP contribution < -0.4 is 5.73 Å². The van der Waals surface area contributed by atoms with Gasteiger partial charge in [0.05, 0.1) is 0 Å². The molecule has 1 atom stereocenters. The Balaban J connectivity index is 3.16. The molecule has 14 heavy (non-hydrogen) atoms. The van der Waals surface area contributed by atoms with E-state index in [-0.39, 0.29) is 11.7 Å². The SMILES string of the molecule is CC(N)Cc1c(C(=O)O)nn(C)c1Cl. The predicted octanol–water partition coefficient (Wildman–Crippen LogP) is 0.661. The summed E-state index contributed by atoms with van der Waals surface area (Å²) in [6.45, 7) is 1.79. The Morgan fingerprint density at radius 2 is 2.36 bits per heavy atom. The second-order valence-electron chi connectivity index (χ2n) is 3.23. The van der Waals surface area contributed by atoms with Crippen LogP contribution in [0.25, 0.3) is 0 Å². The summed E-state index contributed by atoms with van der Waals surface area (Å²) in [6.07, 6.45) is 0.411. The van der Waals surface area contributed by atoms with Crippen LogP contribution in [0.5, 0.6) is 0 Å². The summed E-state index contributed by atoms with van der Waals surface area (Å²) in [5.74, 6) is -1.08. The number of halogens is 1. The lowest BCUT2D eigenvalue weighted by molar-refractivity contribution is 0.0688. The van der Waals surface area contributed by atoms with Crippen LogP contribution in [0.1, 0.15) is 23.0 Å². The Morgan fingerprint density at radius 3 is 2.79 bits per heavy atom. The fourth-order valence-corrected chi connectivity index (χ4v) is 1.43. The average molecular weight is 218 g/mol. The van der Waals surface area contributed by atoms with Gasteiger partial charge >= 0.3 is 5.97 Å². The lowest BCUT2D eigenvalue weighted by Crippen LogP contribution is -2.19. The number of rotatable bonds is 3. The summed E-state index contributed by atoms with van der Waals surface area (Å²) in [7, 11) is 1.60. The third-order valence-corrected chi connectivity index (χ3v) is 2.27. The predicted molar refractivity (Wildman–Crippen MR) is 52.5 cm³/mol. The molecule has 3 N–H and O–H groups in total. The van der Waals surface area contributed by atoms with Crippen molar-refractivity contribution in [3.05, 3.63) is 16.4 Å². The van der Waals surface area contributed by atoms with Crippen molar-refractivity contribution in [3.63, 3.8) is 0 Å². The van der Waals surface area contributed by atoms with E-state index in [1.165, 1.54) is 4.68 Å². The molecule has 0 radical (unpaired) electrons. The summed E-state index contributed by atoms with van der Waals surface area (Å²) in [5, 5.41) is 13.0. The van der Waals surface area contributed by atoms with Crippen molar-refractivity contribution < 1.29 is 9.90 Å². The summed E-state index contributed by atoms with van der Waals surface area (Å²) in [6, 6.07) is -0.144. The van der Waals surface area contributed by atoms with Crippen molar-refractivity contribution in [3.8, 4) is 0 Å². The molecule has 1 aromatic heterocycles. The lowest BCUT2D eigenvalue weighted by Gasteiger charge is -2.03. The minimum atomic E-state index is -1.08. The molecule has 1 aromatic rings. The zero-order valence-corrected chi connectivity index (χ0v) is 8.75. The van der Waals surface area contributed by atoms with Gasteiger partial charge in [-0.2, -0.15) is 5.10 Å². The number of hydrogen-bond donors (Lipinski definition) is 2. The molecule has 1 unspecified atom stereocenters. The summed E-state index contributed by atoms with van der Waals surface area (Å²) in [5.41, 5.74) is 6.06. The van der Waals surface area contributed by atoms with E-state index in [0.717, 1.165) is 0 Å². The van der Waals surface area contributed by atoms with Crippen LogP contribution in [0.15, 0.2) is 0 Å². The summed E-state index contributed by atoms with van der Waals surface area (Å²) >= 11 is 5.88. The number of aromatic carboxylic acids is 1. The van der Waals surface area contributed by atoms with E-state index >= 15 is 0 Å². The molecule has 0 amide bonds. The molecule has 5 nitrogen and oxygen atoms in total. The molecule has 78 valence electrons. The minimum Gasteiger partial charge on any atom is -0.476 e. The monoisotopic (exact) mass is 217 g/mol. The second-order valence-corrected chi connectivity index (χ2v) is 3.59. The smallest absolute Gasteiger partial charge is 0.356 e. The molecular formula is C8H12ClN3O2. The van der Waals surface area contributed by atoms with E-state index in [1.807, 2.05) is 0 Å². The van der Waals surface area contributed by atoms with Gasteiger partial charge < -0.3 is 10.8 Å². The third-order valence-electron chi connectivity index (χ3n) is 1.80. The molecule has 1 heterocycles. The van der Waals surface area contributed by atoms with E-state index < -0.39 is 5.97 Å². The van der Waals surface area contributed by atoms with Gasteiger partial charge in [0.15, 0.2) is 5.69 Å². The third kappa shape index (κ3) is 2.05. The number of hydrogen-bond acceptors (Lipinski definition) is 3. The Bertz CT molecular complexity index is 360. The van der Waals surface area contributed by atoms with Gasteiger partial charge in [-0.3, -0.25) is 4.68 Å². The first-order chi connectivity index (χ1) is 6.43. The Hall–Kier alpha value is -1.07. The molecule has 0 spiro atoms. The fraction of sp³-hybridized carbons (Fsp3) is 0.500. The van der Waals surface area contributed by atoms with Gasteiger partial charge in [-0.25, -0.2) is 4.79 Å². The van der Waals surface area contributed by atoms with E-state index in [4.69, 9.17) is 22.4 Å². The Morgan fingerprint density at radius 1 is 1.79 bits per heavy atom. The van der Waals surface area contributed by atoms with Gasteiger partial charge in [0.1, 0.15) is 5.15 Å². The zero-order chi connectivity index (χ0) is 10.9. The number of aromatic nitrogens is 2. The Labute approximate surface area is 86.5 Å². The van der Waals surface area contributed by atoms with Crippen LogP contribution >= 0.6 is 11.6 Å². The van der Waals surface area contributed by atoms with Crippen LogP contribution in [0, 0.1) is 0 Å². The highest BCUT2D eigenvalue weighted by atomic mass is 35.5. The minimum absolute atomic E-state index is 0.0187. The molecule has 0 aliphatic carbocycles. The highest BCUT2D eigenvalue weighted by Gasteiger charge is 2.20. The second kappa shape index (κ2) is 3.98. The maximum Gasteiger partial charge on any atom is 0.356 e. The first kappa shape index (κ1) is 11.0. The molecule has 0 saturated heterocycles. The van der Waals surface area contributed by atoms with Crippen molar-refractivity contribution in [1.29, 1.82) is 0 Å². The molecule has 0 aliphatic heterocycles. The number of carbonyl (C=O) groups is 1. The number of carboxylic acid groups (broad SMARTS) is 1.